The fourth-order valence-corrected chi connectivity index (χ4v) is 7.96. The Hall–Kier alpha value is -4.29. The van der Waals surface area contributed by atoms with Crippen molar-refractivity contribution in [3.8, 4) is 5.69 Å². The first kappa shape index (κ1) is 28.8. The van der Waals surface area contributed by atoms with Crippen molar-refractivity contribution in [2.75, 3.05) is 12.4 Å². The van der Waals surface area contributed by atoms with Gasteiger partial charge in [-0.3, -0.25) is 19.5 Å². The van der Waals surface area contributed by atoms with Gasteiger partial charge >= 0.3 is 5.97 Å². The lowest BCUT2D eigenvalue weighted by molar-refractivity contribution is -0.384. The van der Waals surface area contributed by atoms with Gasteiger partial charge in [-0.05, 0) is 74.9 Å². The molecule has 0 spiro atoms. The number of methoxy groups -OCH3 is 1. The second-order valence-corrected chi connectivity index (χ2v) is 12.8. The number of aromatic nitrogens is 2. The van der Waals surface area contributed by atoms with E-state index < -0.39 is 12.0 Å². The molecule has 0 amide bonds. The molecular weight excluding hydrogens is 587 g/mol. The highest BCUT2D eigenvalue weighted by Crippen LogP contribution is 2.34. The minimum atomic E-state index is -0.629. The third-order valence-corrected chi connectivity index (χ3v) is 10.1. The molecular formula is C31H31N5O5S2. The van der Waals surface area contributed by atoms with Gasteiger partial charge in [-0.1, -0.05) is 30.2 Å². The smallest absolute Gasteiger partial charge is 0.338 e. The number of nitro benzene ring substituents is 1. The molecule has 1 unspecified atom stereocenters. The summed E-state index contributed by atoms with van der Waals surface area (Å²) in [4.78, 5) is 44.3. The van der Waals surface area contributed by atoms with E-state index in [4.69, 9.17) is 4.74 Å². The molecule has 3 aromatic heterocycles. The van der Waals surface area contributed by atoms with Gasteiger partial charge in [0.15, 0.2) is 4.80 Å². The minimum Gasteiger partial charge on any atom is -0.466 e. The lowest BCUT2D eigenvalue weighted by Gasteiger charge is -2.22. The van der Waals surface area contributed by atoms with E-state index in [-0.39, 0.29) is 22.2 Å². The molecule has 10 nitrogen and oxygen atoms in total. The van der Waals surface area contributed by atoms with Gasteiger partial charge in [0.1, 0.15) is 11.7 Å². The Bertz CT molecular complexity index is 1960. The van der Waals surface area contributed by atoms with Crippen molar-refractivity contribution < 1.29 is 14.5 Å². The Morgan fingerprint density at radius 1 is 1.19 bits per heavy atom. The maximum Gasteiger partial charge on any atom is 0.338 e. The van der Waals surface area contributed by atoms with Gasteiger partial charge in [-0.15, -0.1) is 11.3 Å². The van der Waals surface area contributed by atoms with Crippen molar-refractivity contribution in [2.45, 2.75) is 58.5 Å². The molecule has 43 heavy (non-hydrogen) atoms. The van der Waals surface area contributed by atoms with Crippen LogP contribution in [0.2, 0.25) is 0 Å². The van der Waals surface area contributed by atoms with Crippen molar-refractivity contribution in [2.24, 2.45) is 4.99 Å². The van der Waals surface area contributed by atoms with Crippen molar-refractivity contribution in [3.63, 3.8) is 0 Å². The Morgan fingerprint density at radius 2 is 1.95 bits per heavy atom. The Morgan fingerprint density at radius 3 is 2.63 bits per heavy atom. The topological polar surface area (TPSA) is 121 Å². The lowest BCUT2D eigenvalue weighted by Crippen LogP contribution is -2.39. The third kappa shape index (κ3) is 5.14. The first-order valence-electron chi connectivity index (χ1n) is 14.1. The molecule has 222 valence electrons. The third-order valence-electron chi connectivity index (χ3n) is 8.15. The number of nitrogens with zero attached hydrogens (tertiary/aromatic N) is 4. The first-order chi connectivity index (χ1) is 20.7. The van der Waals surface area contributed by atoms with Gasteiger partial charge in [0, 0.05) is 28.4 Å². The molecule has 1 aromatic carbocycles. The van der Waals surface area contributed by atoms with E-state index in [2.05, 4.69) is 10.3 Å². The average Bonchev–Trinajstić information content (AvgIpc) is 3.78. The molecule has 0 saturated heterocycles. The molecule has 1 saturated carbocycles. The molecule has 4 aromatic rings. The summed E-state index contributed by atoms with van der Waals surface area (Å²) in [5, 5.41) is 17.3. The van der Waals surface area contributed by atoms with Gasteiger partial charge in [0.25, 0.3) is 11.2 Å². The molecule has 0 bridgehead atoms. The normalized spacial score (nSPS) is 17.2. The van der Waals surface area contributed by atoms with Gasteiger partial charge in [0.05, 0.1) is 33.5 Å². The second-order valence-electron chi connectivity index (χ2n) is 10.8. The van der Waals surface area contributed by atoms with Gasteiger partial charge in [0.2, 0.25) is 0 Å². The van der Waals surface area contributed by atoms with Crippen LogP contribution in [0, 0.1) is 24.0 Å². The number of carbonyl (C=O) groups excluding carboxylic acids is 1. The number of benzene rings is 1. The highest BCUT2D eigenvalue weighted by atomic mass is 32.1. The Kier molecular flexibility index (Phi) is 7.65. The number of hydrogen-bond donors (Lipinski definition) is 1. The molecule has 1 aliphatic heterocycles. The number of rotatable bonds is 7. The largest absolute Gasteiger partial charge is 0.466 e. The van der Waals surface area contributed by atoms with E-state index in [1.807, 2.05) is 54.1 Å². The van der Waals surface area contributed by atoms with E-state index >= 15 is 0 Å². The number of fused-ring (bicyclic) bond motifs is 1. The van der Waals surface area contributed by atoms with Crippen LogP contribution in [0.5, 0.6) is 0 Å². The van der Waals surface area contributed by atoms with Crippen molar-refractivity contribution in [3.05, 3.63) is 105 Å². The highest BCUT2D eigenvalue weighted by Gasteiger charge is 2.33. The van der Waals surface area contributed by atoms with Crippen molar-refractivity contribution >= 4 is 46.1 Å². The minimum absolute atomic E-state index is 0.0390. The molecule has 4 heterocycles. The fraction of sp³-hybridized carbons (Fsp3) is 0.323. The second kappa shape index (κ2) is 11.4. The molecule has 2 aliphatic rings. The van der Waals surface area contributed by atoms with Crippen LogP contribution in [0.15, 0.2) is 62.8 Å². The van der Waals surface area contributed by atoms with Crippen LogP contribution in [0.3, 0.4) is 0 Å². The fourth-order valence-electron chi connectivity index (χ4n) is 6.10. The maximum absolute atomic E-state index is 13.9. The van der Waals surface area contributed by atoms with Crippen LogP contribution in [0.25, 0.3) is 11.8 Å². The molecule has 0 radical (unpaired) electrons. The SMILES string of the molecule is COC(=O)C1=C(C)N=c2sc(=Cc3cc(C)n(-c4ccc(NC5CCCC5)c([N+](=O)[O-])c4)c3C)c(=O)n2C1c1cccs1. The standard InChI is InChI=1S/C31H31N5O5S2/c1-17-14-20(19(3)34(17)22-11-12-23(24(16-22)36(39)40)33-21-8-5-6-9-21)15-26-29(37)35-28(25-10-7-13-42-25)27(30(38)41-4)18(2)32-31(35)43-26/h7,10-16,21,28,33H,5-6,8-9H2,1-4H3. The number of thiazole rings is 1. The van der Waals surface area contributed by atoms with Crippen LogP contribution in [0.4, 0.5) is 11.4 Å². The summed E-state index contributed by atoms with van der Waals surface area (Å²) in [6.07, 6.45) is 6.12. The highest BCUT2D eigenvalue weighted by molar-refractivity contribution is 7.10. The molecule has 1 fully saturated rings. The van der Waals surface area contributed by atoms with Gasteiger partial charge in [-0.2, -0.15) is 0 Å². The predicted molar refractivity (Wildman–Crippen MR) is 168 cm³/mol. The average molecular weight is 618 g/mol. The molecule has 12 heteroatoms. The summed E-state index contributed by atoms with van der Waals surface area (Å²) in [6.45, 7) is 5.62. The Balaban J connectivity index is 1.43. The number of anilines is 1. The van der Waals surface area contributed by atoms with Crippen molar-refractivity contribution in [1.29, 1.82) is 0 Å². The van der Waals surface area contributed by atoms with Gasteiger partial charge < -0.3 is 14.6 Å². The van der Waals surface area contributed by atoms with Gasteiger partial charge in [-0.25, -0.2) is 9.79 Å². The number of nitro groups is 1. The zero-order chi connectivity index (χ0) is 30.4. The summed E-state index contributed by atoms with van der Waals surface area (Å²) in [7, 11) is 1.32. The lowest BCUT2D eigenvalue weighted by atomic mass is 10.0. The van der Waals surface area contributed by atoms with E-state index in [0.717, 1.165) is 47.5 Å². The zero-order valence-electron chi connectivity index (χ0n) is 24.2. The first-order valence-corrected chi connectivity index (χ1v) is 15.8. The number of aryl methyl sites for hydroxylation is 1. The number of carbonyl (C=O) groups is 1. The summed E-state index contributed by atoms with van der Waals surface area (Å²) < 4.78 is 9.07. The summed E-state index contributed by atoms with van der Waals surface area (Å²) in [5.41, 5.74) is 4.39. The molecule has 1 aliphatic carbocycles. The van der Waals surface area contributed by atoms with Crippen LogP contribution in [0.1, 0.15) is 60.5 Å². The number of thiophene rings is 1. The van der Waals surface area contributed by atoms with Crippen LogP contribution < -0.4 is 20.2 Å². The van der Waals surface area contributed by atoms with E-state index in [1.165, 1.54) is 29.8 Å². The van der Waals surface area contributed by atoms with Crippen molar-refractivity contribution in [1.82, 2.24) is 9.13 Å². The predicted octanol–water partition coefficient (Wildman–Crippen LogP) is 5.14. The number of esters is 1. The summed E-state index contributed by atoms with van der Waals surface area (Å²) in [6, 6.07) is 10.7. The van der Waals surface area contributed by atoms with Crippen LogP contribution in [-0.4, -0.2) is 33.2 Å². The van der Waals surface area contributed by atoms with Crippen LogP contribution in [-0.2, 0) is 9.53 Å². The van der Waals surface area contributed by atoms with E-state index in [9.17, 15) is 19.7 Å². The molecule has 6 rings (SSSR count). The number of ether oxygens (including phenoxy) is 1. The molecule has 1 N–H and O–H groups in total. The van der Waals surface area contributed by atoms with E-state index in [1.54, 1.807) is 23.6 Å². The summed E-state index contributed by atoms with van der Waals surface area (Å²) in [5.74, 6) is -0.518. The monoisotopic (exact) mass is 617 g/mol. The zero-order valence-corrected chi connectivity index (χ0v) is 25.9. The molecule has 1 atom stereocenters. The summed E-state index contributed by atoms with van der Waals surface area (Å²) >= 11 is 2.73. The number of allylic oxidation sites excluding steroid dienone is 1. The number of nitrogens with one attached hydrogen (secondary N) is 1. The Labute approximate surface area is 255 Å². The maximum atomic E-state index is 13.9. The van der Waals surface area contributed by atoms with Crippen LogP contribution >= 0.6 is 22.7 Å². The van der Waals surface area contributed by atoms with E-state index in [0.29, 0.717) is 32.0 Å². The quantitative estimate of drug-likeness (QED) is 0.174. The number of hydrogen-bond acceptors (Lipinski definition) is 9.